The summed E-state index contributed by atoms with van der Waals surface area (Å²) in [6.07, 6.45) is -0.0840. The molecular weight excluding hydrogens is 264 g/mol. The van der Waals surface area contributed by atoms with E-state index in [0.717, 1.165) is 11.3 Å². The first kappa shape index (κ1) is 11.0. The standard InChI is InChI=1S/C15H11ClO3/c16-11-5-9-14(6-12(11)17)18-7-10-8-3-1-2-4-13(8)19-15(9)10/h1-6,10,15,17H,7H2. The van der Waals surface area contributed by atoms with Gasteiger partial charge in [-0.2, -0.15) is 0 Å². The van der Waals surface area contributed by atoms with Gasteiger partial charge in [0, 0.05) is 17.2 Å². The predicted molar refractivity (Wildman–Crippen MR) is 71.2 cm³/mol. The summed E-state index contributed by atoms with van der Waals surface area (Å²) in [5, 5.41) is 9.96. The summed E-state index contributed by atoms with van der Waals surface area (Å²) in [5.74, 6) is 1.77. The van der Waals surface area contributed by atoms with Crippen molar-refractivity contribution < 1.29 is 14.6 Å². The van der Waals surface area contributed by atoms with Gasteiger partial charge in [0.2, 0.25) is 0 Å². The van der Waals surface area contributed by atoms with Crippen LogP contribution in [-0.4, -0.2) is 11.7 Å². The fraction of sp³-hybridized carbons (Fsp3) is 0.200. The summed E-state index contributed by atoms with van der Waals surface area (Å²) in [6.45, 7) is 0.551. The fourth-order valence-electron chi connectivity index (χ4n) is 2.82. The minimum Gasteiger partial charge on any atom is -0.506 e. The largest absolute Gasteiger partial charge is 0.506 e. The van der Waals surface area contributed by atoms with Crippen molar-refractivity contribution in [1.82, 2.24) is 0 Å². The molecule has 0 aromatic heterocycles. The molecule has 2 aliphatic heterocycles. The Morgan fingerprint density at radius 2 is 1.95 bits per heavy atom. The molecule has 0 fully saturated rings. The topological polar surface area (TPSA) is 38.7 Å². The minimum absolute atomic E-state index is 0.0365. The molecule has 0 bridgehead atoms. The van der Waals surface area contributed by atoms with Gasteiger partial charge >= 0.3 is 0 Å². The monoisotopic (exact) mass is 274 g/mol. The van der Waals surface area contributed by atoms with E-state index < -0.39 is 0 Å². The molecule has 19 heavy (non-hydrogen) atoms. The summed E-state index contributed by atoms with van der Waals surface area (Å²) in [4.78, 5) is 0. The number of ether oxygens (including phenoxy) is 2. The van der Waals surface area contributed by atoms with E-state index >= 15 is 0 Å². The second kappa shape index (κ2) is 3.81. The Hall–Kier alpha value is -1.87. The van der Waals surface area contributed by atoms with Crippen molar-refractivity contribution in [3.8, 4) is 17.2 Å². The number of hydrogen-bond acceptors (Lipinski definition) is 3. The number of phenols is 1. The van der Waals surface area contributed by atoms with E-state index in [0.29, 0.717) is 17.4 Å². The van der Waals surface area contributed by atoms with Crippen molar-refractivity contribution in [2.45, 2.75) is 12.0 Å². The van der Waals surface area contributed by atoms with Gasteiger partial charge < -0.3 is 14.6 Å². The van der Waals surface area contributed by atoms with E-state index in [1.807, 2.05) is 18.2 Å². The van der Waals surface area contributed by atoms with Crippen molar-refractivity contribution in [1.29, 1.82) is 0 Å². The molecule has 4 heteroatoms. The normalized spacial score (nSPS) is 22.8. The lowest BCUT2D eigenvalue weighted by Crippen LogP contribution is -2.23. The Balaban J connectivity index is 1.84. The van der Waals surface area contributed by atoms with Crippen LogP contribution in [0.15, 0.2) is 36.4 Å². The van der Waals surface area contributed by atoms with Gasteiger partial charge in [0.05, 0.1) is 17.5 Å². The average Bonchev–Trinajstić information content (AvgIpc) is 2.79. The highest BCUT2D eigenvalue weighted by Gasteiger charge is 2.40. The average molecular weight is 275 g/mol. The van der Waals surface area contributed by atoms with Gasteiger partial charge in [-0.1, -0.05) is 29.8 Å². The molecule has 4 rings (SSSR count). The molecule has 3 nitrogen and oxygen atoms in total. The molecule has 0 aliphatic carbocycles. The van der Waals surface area contributed by atoms with E-state index in [1.165, 1.54) is 5.56 Å². The maximum atomic E-state index is 9.64. The molecule has 96 valence electrons. The Morgan fingerprint density at radius 1 is 1.11 bits per heavy atom. The molecule has 1 N–H and O–H groups in total. The molecule has 0 saturated heterocycles. The third-order valence-electron chi connectivity index (χ3n) is 3.74. The van der Waals surface area contributed by atoms with Crippen LogP contribution in [-0.2, 0) is 0 Å². The Bertz CT molecular complexity index is 668. The van der Waals surface area contributed by atoms with Crippen molar-refractivity contribution >= 4 is 11.6 Å². The number of rotatable bonds is 0. The summed E-state index contributed by atoms with van der Waals surface area (Å²) < 4.78 is 11.7. The summed E-state index contributed by atoms with van der Waals surface area (Å²) in [6, 6.07) is 11.3. The molecule has 0 amide bonds. The van der Waals surface area contributed by atoms with Gasteiger partial charge in [-0.15, -0.1) is 0 Å². The van der Waals surface area contributed by atoms with E-state index in [2.05, 4.69) is 6.07 Å². The third-order valence-corrected chi connectivity index (χ3v) is 4.04. The van der Waals surface area contributed by atoms with Crippen LogP contribution in [0, 0.1) is 0 Å². The van der Waals surface area contributed by atoms with Gasteiger partial charge in [0.1, 0.15) is 23.4 Å². The summed E-state index contributed by atoms with van der Waals surface area (Å²) in [7, 11) is 0. The highest BCUT2D eigenvalue weighted by atomic mass is 35.5. The van der Waals surface area contributed by atoms with Crippen LogP contribution in [0.5, 0.6) is 17.2 Å². The number of aromatic hydroxyl groups is 1. The smallest absolute Gasteiger partial charge is 0.138 e. The molecule has 2 heterocycles. The second-order valence-corrected chi connectivity index (χ2v) is 5.24. The lowest BCUT2D eigenvalue weighted by molar-refractivity contribution is 0.139. The van der Waals surface area contributed by atoms with Crippen LogP contribution in [0.3, 0.4) is 0 Å². The van der Waals surface area contributed by atoms with E-state index in [1.54, 1.807) is 12.1 Å². The fourth-order valence-corrected chi connectivity index (χ4v) is 2.99. The highest BCUT2D eigenvalue weighted by molar-refractivity contribution is 6.32. The number of fused-ring (bicyclic) bond motifs is 5. The zero-order chi connectivity index (χ0) is 13.0. The van der Waals surface area contributed by atoms with Crippen LogP contribution >= 0.6 is 11.6 Å². The molecule has 2 atom stereocenters. The van der Waals surface area contributed by atoms with Gasteiger partial charge in [-0.05, 0) is 12.1 Å². The maximum Gasteiger partial charge on any atom is 0.138 e. The van der Waals surface area contributed by atoms with Crippen LogP contribution < -0.4 is 9.47 Å². The molecule has 2 aromatic rings. The Kier molecular flexibility index (Phi) is 2.21. The molecule has 0 saturated carbocycles. The van der Waals surface area contributed by atoms with Gasteiger partial charge in [-0.25, -0.2) is 0 Å². The molecular formula is C15H11ClO3. The lowest BCUT2D eigenvalue weighted by atomic mass is 9.89. The maximum absolute atomic E-state index is 9.64. The lowest BCUT2D eigenvalue weighted by Gasteiger charge is -2.28. The van der Waals surface area contributed by atoms with Gasteiger partial charge in [0.25, 0.3) is 0 Å². The number of benzene rings is 2. The predicted octanol–water partition coefficient (Wildman–Crippen LogP) is 3.66. The zero-order valence-corrected chi connectivity index (χ0v) is 10.7. The molecule has 2 unspecified atom stereocenters. The summed E-state index contributed by atoms with van der Waals surface area (Å²) in [5.41, 5.74) is 2.07. The first-order valence-electron chi connectivity index (χ1n) is 6.15. The van der Waals surface area contributed by atoms with Gasteiger partial charge in [0.15, 0.2) is 0 Å². The van der Waals surface area contributed by atoms with Crippen molar-refractivity contribution in [3.63, 3.8) is 0 Å². The molecule has 2 aromatic carbocycles. The number of phenolic OH excluding ortho intramolecular Hbond substituents is 1. The molecule has 2 aliphatic rings. The number of hydrogen-bond donors (Lipinski definition) is 1. The van der Waals surface area contributed by atoms with Gasteiger partial charge in [-0.3, -0.25) is 0 Å². The molecule has 0 radical (unpaired) electrons. The first-order valence-corrected chi connectivity index (χ1v) is 6.52. The van der Waals surface area contributed by atoms with E-state index in [4.69, 9.17) is 21.1 Å². The molecule has 0 spiro atoms. The minimum atomic E-state index is -0.0840. The van der Waals surface area contributed by atoms with Crippen LogP contribution in [0.2, 0.25) is 5.02 Å². The Labute approximate surface area is 115 Å². The number of para-hydroxylation sites is 1. The van der Waals surface area contributed by atoms with E-state index in [-0.39, 0.29) is 17.8 Å². The summed E-state index contributed by atoms with van der Waals surface area (Å²) >= 11 is 5.99. The first-order chi connectivity index (χ1) is 9.24. The second-order valence-electron chi connectivity index (χ2n) is 4.84. The van der Waals surface area contributed by atoms with Crippen molar-refractivity contribution in [2.75, 3.05) is 6.61 Å². The SMILES string of the molecule is Oc1cc2c(cc1Cl)C1Oc3ccccc3C1CO2. The van der Waals surface area contributed by atoms with Crippen molar-refractivity contribution in [2.24, 2.45) is 0 Å². The van der Waals surface area contributed by atoms with Crippen molar-refractivity contribution in [3.05, 3.63) is 52.5 Å². The van der Waals surface area contributed by atoms with E-state index in [9.17, 15) is 5.11 Å². The third kappa shape index (κ3) is 1.51. The highest BCUT2D eigenvalue weighted by Crippen LogP contribution is 2.52. The Morgan fingerprint density at radius 3 is 2.84 bits per heavy atom. The zero-order valence-electron chi connectivity index (χ0n) is 9.97. The van der Waals surface area contributed by atoms with Crippen LogP contribution in [0.25, 0.3) is 0 Å². The quantitative estimate of drug-likeness (QED) is 0.797. The van der Waals surface area contributed by atoms with Crippen LogP contribution in [0.1, 0.15) is 23.1 Å². The van der Waals surface area contributed by atoms with Crippen LogP contribution in [0.4, 0.5) is 0 Å². The number of halogens is 1.